The van der Waals surface area contributed by atoms with E-state index >= 15 is 0 Å². The van der Waals surface area contributed by atoms with Gasteiger partial charge in [0.15, 0.2) is 0 Å². The number of methoxy groups -OCH3 is 1. The van der Waals surface area contributed by atoms with Gasteiger partial charge in [0.05, 0.1) is 7.11 Å². The van der Waals surface area contributed by atoms with E-state index < -0.39 is 0 Å². The van der Waals surface area contributed by atoms with Gasteiger partial charge < -0.3 is 15.0 Å². The van der Waals surface area contributed by atoms with Gasteiger partial charge in [-0.25, -0.2) is 0 Å². The van der Waals surface area contributed by atoms with Crippen LogP contribution in [0.3, 0.4) is 0 Å². The number of piperidine rings is 1. The summed E-state index contributed by atoms with van der Waals surface area (Å²) >= 11 is 0. The van der Waals surface area contributed by atoms with Gasteiger partial charge in [-0.05, 0) is 67.1 Å². The summed E-state index contributed by atoms with van der Waals surface area (Å²) in [6, 6.07) is 14.0. The summed E-state index contributed by atoms with van der Waals surface area (Å²) in [5.74, 6) is 0.697. The molecule has 0 atom stereocenters. The molecule has 1 heterocycles. The van der Waals surface area contributed by atoms with Crippen molar-refractivity contribution >= 4 is 11.6 Å². The van der Waals surface area contributed by atoms with Crippen molar-refractivity contribution in [2.45, 2.75) is 32.2 Å². The number of hydrogen-bond acceptors (Lipinski definition) is 3. The molecule has 0 bridgehead atoms. The molecule has 2 aromatic rings. The third kappa shape index (κ3) is 4.91. The maximum absolute atomic E-state index is 12.5. The van der Waals surface area contributed by atoms with Gasteiger partial charge in [0.25, 0.3) is 5.91 Å². The highest BCUT2D eigenvalue weighted by atomic mass is 16.5. The van der Waals surface area contributed by atoms with E-state index in [1.54, 1.807) is 13.2 Å². The fourth-order valence-corrected chi connectivity index (χ4v) is 3.50. The van der Waals surface area contributed by atoms with Gasteiger partial charge in [-0.1, -0.05) is 18.2 Å². The zero-order chi connectivity index (χ0) is 19.1. The lowest BCUT2D eigenvalue weighted by Crippen LogP contribution is -2.29. The molecule has 4 heteroatoms. The van der Waals surface area contributed by atoms with Gasteiger partial charge >= 0.3 is 0 Å². The number of benzene rings is 2. The molecule has 2 aromatic carbocycles. The Kier molecular flexibility index (Phi) is 6.53. The molecule has 0 unspecified atom stereocenters. The molecular weight excluding hydrogens is 336 g/mol. The number of nitrogens with one attached hydrogen (secondary N) is 1. The van der Waals surface area contributed by atoms with Crippen molar-refractivity contribution in [3.8, 4) is 5.75 Å². The molecule has 27 heavy (non-hydrogen) atoms. The fourth-order valence-electron chi connectivity index (χ4n) is 3.50. The Morgan fingerprint density at radius 2 is 1.89 bits per heavy atom. The second-order valence-corrected chi connectivity index (χ2v) is 6.92. The van der Waals surface area contributed by atoms with E-state index in [9.17, 15) is 4.79 Å². The lowest BCUT2D eigenvalue weighted by Gasteiger charge is -2.28. The molecule has 4 nitrogen and oxygen atoms in total. The van der Waals surface area contributed by atoms with Crippen LogP contribution in [0.2, 0.25) is 0 Å². The predicted molar refractivity (Wildman–Crippen MR) is 111 cm³/mol. The number of anilines is 1. The Hall–Kier alpha value is -2.75. The number of hydrogen-bond donors (Lipinski definition) is 1. The molecule has 142 valence electrons. The lowest BCUT2D eigenvalue weighted by atomic mass is 10.1. The summed E-state index contributed by atoms with van der Waals surface area (Å²) in [6.45, 7) is 6.56. The van der Waals surface area contributed by atoms with E-state index in [-0.39, 0.29) is 5.91 Å². The van der Waals surface area contributed by atoms with Gasteiger partial charge in [0.2, 0.25) is 0 Å². The van der Waals surface area contributed by atoms with Crippen molar-refractivity contribution in [2.24, 2.45) is 0 Å². The van der Waals surface area contributed by atoms with Crippen LogP contribution in [0.25, 0.3) is 0 Å². The largest absolute Gasteiger partial charge is 0.496 e. The Morgan fingerprint density at radius 3 is 2.56 bits per heavy atom. The first kappa shape index (κ1) is 19.0. The highest BCUT2D eigenvalue weighted by Gasteiger charge is 2.12. The van der Waals surface area contributed by atoms with Gasteiger partial charge in [0, 0.05) is 30.9 Å². The van der Waals surface area contributed by atoms with Crippen molar-refractivity contribution < 1.29 is 9.53 Å². The highest BCUT2D eigenvalue weighted by Crippen LogP contribution is 2.22. The zero-order valence-corrected chi connectivity index (χ0v) is 16.0. The van der Waals surface area contributed by atoms with Gasteiger partial charge in [-0.2, -0.15) is 0 Å². The van der Waals surface area contributed by atoms with Crippen LogP contribution in [0.15, 0.2) is 55.1 Å². The summed E-state index contributed by atoms with van der Waals surface area (Å²) in [4.78, 5) is 14.9. The van der Waals surface area contributed by atoms with E-state index in [4.69, 9.17) is 4.74 Å². The SMILES string of the molecule is C=CCc1cc(C(=O)NCc2ccc(N3CCCCC3)cc2)ccc1OC. The first-order valence-electron chi connectivity index (χ1n) is 9.61. The fraction of sp³-hybridized carbons (Fsp3) is 0.348. The molecule has 0 saturated carbocycles. The minimum atomic E-state index is -0.0805. The van der Waals surface area contributed by atoms with Crippen molar-refractivity contribution in [2.75, 3.05) is 25.1 Å². The quantitative estimate of drug-likeness (QED) is 0.743. The number of ether oxygens (including phenoxy) is 1. The molecule has 3 rings (SSSR count). The summed E-state index contributed by atoms with van der Waals surface area (Å²) < 4.78 is 5.34. The second kappa shape index (κ2) is 9.26. The predicted octanol–water partition coefficient (Wildman–Crippen LogP) is 4.34. The highest BCUT2D eigenvalue weighted by molar-refractivity contribution is 5.94. The van der Waals surface area contributed by atoms with Crippen LogP contribution in [0.5, 0.6) is 5.75 Å². The van der Waals surface area contributed by atoms with E-state index in [0.717, 1.165) is 30.0 Å². The average molecular weight is 364 g/mol. The molecule has 1 N–H and O–H groups in total. The van der Waals surface area contributed by atoms with E-state index in [1.807, 2.05) is 18.2 Å². The first-order valence-corrected chi connectivity index (χ1v) is 9.61. The Balaban J connectivity index is 1.60. The molecule has 0 spiro atoms. The third-order valence-electron chi connectivity index (χ3n) is 5.02. The topological polar surface area (TPSA) is 41.6 Å². The molecule has 0 aliphatic carbocycles. The molecule has 0 radical (unpaired) electrons. The molecule has 1 aliphatic heterocycles. The summed E-state index contributed by atoms with van der Waals surface area (Å²) in [5.41, 5.74) is 3.97. The maximum atomic E-state index is 12.5. The van der Waals surface area contributed by atoms with Gasteiger partial charge in [0.1, 0.15) is 5.75 Å². The van der Waals surface area contributed by atoms with Crippen LogP contribution >= 0.6 is 0 Å². The smallest absolute Gasteiger partial charge is 0.251 e. The van der Waals surface area contributed by atoms with E-state index in [1.165, 1.54) is 24.9 Å². The van der Waals surface area contributed by atoms with E-state index in [2.05, 4.69) is 41.1 Å². The molecule has 1 saturated heterocycles. The maximum Gasteiger partial charge on any atom is 0.251 e. The molecule has 1 amide bonds. The lowest BCUT2D eigenvalue weighted by molar-refractivity contribution is 0.0951. The van der Waals surface area contributed by atoms with Crippen molar-refractivity contribution in [1.29, 1.82) is 0 Å². The summed E-state index contributed by atoms with van der Waals surface area (Å²) in [6.07, 6.45) is 6.35. The molecule has 0 aromatic heterocycles. The van der Waals surface area contributed by atoms with Crippen LogP contribution in [-0.2, 0) is 13.0 Å². The minimum absolute atomic E-state index is 0.0805. The number of allylic oxidation sites excluding steroid dienone is 1. The van der Waals surface area contributed by atoms with Crippen LogP contribution in [0, 0.1) is 0 Å². The molecular formula is C23H28N2O2. The normalized spacial score (nSPS) is 13.9. The van der Waals surface area contributed by atoms with Crippen molar-refractivity contribution in [3.05, 3.63) is 71.8 Å². The number of carbonyl (C=O) groups is 1. The average Bonchev–Trinajstić information content (AvgIpc) is 2.73. The Labute approximate surface area is 161 Å². The Bertz CT molecular complexity index is 777. The number of rotatable bonds is 7. The number of carbonyl (C=O) groups excluding carboxylic acids is 1. The molecule has 1 fully saturated rings. The number of nitrogens with zero attached hydrogens (tertiary/aromatic N) is 1. The van der Waals surface area contributed by atoms with Crippen LogP contribution in [-0.4, -0.2) is 26.1 Å². The van der Waals surface area contributed by atoms with Crippen LogP contribution < -0.4 is 15.0 Å². The standard InChI is InChI=1S/C23H28N2O2/c1-3-7-19-16-20(10-13-22(19)27-2)23(26)24-17-18-8-11-21(12-9-18)25-14-5-4-6-15-25/h3,8-13,16H,1,4-7,14-15,17H2,2H3,(H,24,26). The first-order chi connectivity index (χ1) is 13.2. The van der Waals surface area contributed by atoms with Gasteiger partial charge in [-0.15, -0.1) is 6.58 Å². The van der Waals surface area contributed by atoms with Crippen LogP contribution in [0.1, 0.15) is 40.7 Å². The van der Waals surface area contributed by atoms with Crippen molar-refractivity contribution in [3.63, 3.8) is 0 Å². The minimum Gasteiger partial charge on any atom is -0.496 e. The van der Waals surface area contributed by atoms with Crippen LogP contribution in [0.4, 0.5) is 5.69 Å². The monoisotopic (exact) mass is 364 g/mol. The molecule has 1 aliphatic rings. The van der Waals surface area contributed by atoms with Gasteiger partial charge in [-0.3, -0.25) is 4.79 Å². The van der Waals surface area contributed by atoms with Crippen molar-refractivity contribution in [1.82, 2.24) is 5.32 Å². The summed E-state index contributed by atoms with van der Waals surface area (Å²) in [5, 5.41) is 3.00. The number of amides is 1. The third-order valence-corrected chi connectivity index (χ3v) is 5.02. The summed E-state index contributed by atoms with van der Waals surface area (Å²) in [7, 11) is 1.63. The van der Waals surface area contributed by atoms with E-state index in [0.29, 0.717) is 18.5 Å². The zero-order valence-electron chi connectivity index (χ0n) is 16.0. The second-order valence-electron chi connectivity index (χ2n) is 6.92. The Morgan fingerprint density at radius 1 is 1.15 bits per heavy atom.